The van der Waals surface area contributed by atoms with Crippen LogP contribution in [0.4, 0.5) is 0 Å². The summed E-state index contributed by atoms with van der Waals surface area (Å²) in [5.41, 5.74) is 0. The number of carbonyl (C=O) groups excluding carboxylic acids is 1. The van der Waals surface area contributed by atoms with Crippen LogP contribution >= 0.6 is 0 Å². The number of carbonyl (C=O) groups is 1. The van der Waals surface area contributed by atoms with E-state index in [-0.39, 0.29) is 5.78 Å². The highest BCUT2D eigenvalue weighted by atomic mass is 16.5. The Labute approximate surface area is 87.8 Å². The van der Waals surface area contributed by atoms with Gasteiger partial charge in [0.2, 0.25) is 11.8 Å². The maximum absolute atomic E-state index is 10.7. The second kappa shape index (κ2) is 5.09. The van der Waals surface area contributed by atoms with Gasteiger partial charge in [-0.25, -0.2) is 0 Å². The topological polar surface area (TPSA) is 61.3 Å². The fourth-order valence-electron chi connectivity index (χ4n) is 0.897. The molecule has 1 heterocycles. The summed E-state index contributed by atoms with van der Waals surface area (Å²) in [6.07, 6.45) is 2.89. The third-order valence-electron chi connectivity index (χ3n) is 1.58. The number of hydrogen-bond acceptors (Lipinski definition) is 5. The molecule has 80 valence electrons. The number of methoxy groups -OCH3 is 2. The van der Waals surface area contributed by atoms with E-state index >= 15 is 0 Å². The van der Waals surface area contributed by atoms with E-state index in [0.717, 1.165) is 0 Å². The van der Waals surface area contributed by atoms with Gasteiger partial charge in [-0.15, -0.1) is 0 Å². The average molecular weight is 208 g/mol. The number of allylic oxidation sites excluding steroid dienone is 1. The number of ether oxygens (including phenoxy) is 2. The summed E-state index contributed by atoms with van der Waals surface area (Å²) < 4.78 is 9.91. The van der Waals surface area contributed by atoms with Crippen LogP contribution in [-0.4, -0.2) is 30.0 Å². The van der Waals surface area contributed by atoms with Crippen LogP contribution in [0.1, 0.15) is 12.7 Å². The first-order chi connectivity index (χ1) is 7.15. The number of aromatic nitrogens is 2. The van der Waals surface area contributed by atoms with E-state index < -0.39 is 0 Å². The third-order valence-corrected chi connectivity index (χ3v) is 1.58. The highest BCUT2D eigenvalue weighted by Crippen LogP contribution is 2.15. The van der Waals surface area contributed by atoms with Crippen LogP contribution in [0.15, 0.2) is 12.1 Å². The molecule has 0 unspecified atom stereocenters. The van der Waals surface area contributed by atoms with Gasteiger partial charge in [0.15, 0.2) is 11.6 Å². The Hall–Kier alpha value is -1.91. The van der Waals surface area contributed by atoms with Crippen molar-refractivity contribution in [3.63, 3.8) is 0 Å². The molecule has 1 aromatic rings. The quantitative estimate of drug-likeness (QED) is 0.693. The summed E-state index contributed by atoms with van der Waals surface area (Å²) in [4.78, 5) is 18.8. The third kappa shape index (κ3) is 3.38. The number of hydrogen-bond donors (Lipinski definition) is 0. The molecular weight excluding hydrogens is 196 g/mol. The van der Waals surface area contributed by atoms with Crippen molar-refractivity contribution in [1.82, 2.24) is 9.97 Å². The minimum Gasteiger partial charge on any atom is -0.481 e. The molecular formula is C10H12N2O3. The van der Waals surface area contributed by atoms with Gasteiger partial charge in [-0.2, -0.15) is 9.97 Å². The van der Waals surface area contributed by atoms with E-state index in [1.54, 1.807) is 6.07 Å². The second-order valence-electron chi connectivity index (χ2n) is 2.75. The Morgan fingerprint density at radius 3 is 2.20 bits per heavy atom. The van der Waals surface area contributed by atoms with Gasteiger partial charge in [-0.1, -0.05) is 0 Å². The molecule has 0 saturated heterocycles. The molecule has 0 radical (unpaired) electrons. The first kappa shape index (κ1) is 11.2. The highest BCUT2D eigenvalue weighted by molar-refractivity contribution is 5.91. The summed E-state index contributed by atoms with van der Waals surface area (Å²) in [7, 11) is 3.00. The lowest BCUT2D eigenvalue weighted by Gasteiger charge is -2.03. The molecule has 15 heavy (non-hydrogen) atoms. The maximum Gasteiger partial charge on any atom is 0.220 e. The molecule has 0 atom stereocenters. The van der Waals surface area contributed by atoms with E-state index in [1.165, 1.54) is 33.3 Å². The number of nitrogens with zero attached hydrogens (tertiary/aromatic N) is 2. The zero-order chi connectivity index (χ0) is 11.3. The van der Waals surface area contributed by atoms with Crippen LogP contribution in [0.5, 0.6) is 11.8 Å². The van der Waals surface area contributed by atoms with Gasteiger partial charge >= 0.3 is 0 Å². The molecule has 1 rings (SSSR count). The lowest BCUT2D eigenvalue weighted by atomic mass is 10.4. The molecule has 5 nitrogen and oxygen atoms in total. The molecule has 5 heteroatoms. The number of rotatable bonds is 4. The van der Waals surface area contributed by atoms with Crippen molar-refractivity contribution in [2.45, 2.75) is 6.92 Å². The lowest BCUT2D eigenvalue weighted by molar-refractivity contribution is -0.112. The summed E-state index contributed by atoms with van der Waals surface area (Å²) >= 11 is 0. The van der Waals surface area contributed by atoms with Crippen molar-refractivity contribution in [1.29, 1.82) is 0 Å². The standard InChI is InChI=1S/C10H12N2O3/c1-7(13)4-5-8-11-9(14-2)6-10(12-8)15-3/h4-6H,1-3H3/b5-4+. The smallest absolute Gasteiger partial charge is 0.220 e. The van der Waals surface area contributed by atoms with E-state index in [1.807, 2.05) is 0 Å². The van der Waals surface area contributed by atoms with Crippen LogP contribution in [0.2, 0.25) is 0 Å². The van der Waals surface area contributed by atoms with Gasteiger partial charge in [-0.05, 0) is 19.1 Å². The summed E-state index contributed by atoms with van der Waals surface area (Å²) in [6, 6.07) is 1.56. The summed E-state index contributed by atoms with van der Waals surface area (Å²) in [5.74, 6) is 1.09. The fraction of sp³-hybridized carbons (Fsp3) is 0.300. The Bertz CT molecular complexity index is 366. The molecule has 0 bridgehead atoms. The van der Waals surface area contributed by atoms with Crippen LogP contribution in [-0.2, 0) is 4.79 Å². The second-order valence-corrected chi connectivity index (χ2v) is 2.75. The average Bonchev–Trinajstić information content (AvgIpc) is 2.25. The Kier molecular flexibility index (Phi) is 3.79. The van der Waals surface area contributed by atoms with Gasteiger partial charge in [-0.3, -0.25) is 4.79 Å². The molecule has 0 spiro atoms. The van der Waals surface area contributed by atoms with Crippen molar-refractivity contribution in [3.05, 3.63) is 18.0 Å². The first-order valence-corrected chi connectivity index (χ1v) is 4.31. The molecule has 0 fully saturated rings. The zero-order valence-corrected chi connectivity index (χ0v) is 8.85. The van der Waals surface area contributed by atoms with Crippen LogP contribution in [0, 0.1) is 0 Å². The van der Waals surface area contributed by atoms with Crippen LogP contribution < -0.4 is 9.47 Å². The first-order valence-electron chi connectivity index (χ1n) is 4.31. The SMILES string of the molecule is COc1cc(OC)nc(/C=C/C(C)=O)n1. The predicted octanol–water partition coefficient (Wildman–Crippen LogP) is 1.10. The Morgan fingerprint density at radius 1 is 1.27 bits per heavy atom. The van der Waals surface area contributed by atoms with E-state index in [4.69, 9.17) is 9.47 Å². The van der Waals surface area contributed by atoms with E-state index in [0.29, 0.717) is 17.6 Å². The van der Waals surface area contributed by atoms with Crippen molar-refractivity contribution in [2.24, 2.45) is 0 Å². The van der Waals surface area contributed by atoms with Crippen LogP contribution in [0.25, 0.3) is 6.08 Å². The molecule has 1 aromatic heterocycles. The monoisotopic (exact) mass is 208 g/mol. The van der Waals surface area contributed by atoms with Gasteiger partial charge in [0.25, 0.3) is 0 Å². The lowest BCUT2D eigenvalue weighted by Crippen LogP contribution is -1.97. The van der Waals surface area contributed by atoms with Gasteiger partial charge < -0.3 is 9.47 Å². The molecule has 0 aromatic carbocycles. The van der Waals surface area contributed by atoms with Crippen LogP contribution in [0.3, 0.4) is 0 Å². The molecule has 0 saturated carbocycles. The largest absolute Gasteiger partial charge is 0.481 e. The molecule has 0 N–H and O–H groups in total. The maximum atomic E-state index is 10.7. The van der Waals surface area contributed by atoms with Gasteiger partial charge in [0.05, 0.1) is 20.3 Å². The Balaban J connectivity index is 3.01. The van der Waals surface area contributed by atoms with Crippen molar-refractivity contribution in [2.75, 3.05) is 14.2 Å². The minimum absolute atomic E-state index is 0.0691. The molecule has 0 aliphatic heterocycles. The minimum atomic E-state index is -0.0691. The Morgan fingerprint density at radius 2 is 1.80 bits per heavy atom. The van der Waals surface area contributed by atoms with Crippen molar-refractivity contribution < 1.29 is 14.3 Å². The van der Waals surface area contributed by atoms with Crippen molar-refractivity contribution in [3.8, 4) is 11.8 Å². The zero-order valence-electron chi connectivity index (χ0n) is 8.85. The molecule has 0 amide bonds. The fourth-order valence-corrected chi connectivity index (χ4v) is 0.897. The summed E-state index contributed by atoms with van der Waals surface area (Å²) in [5, 5.41) is 0. The summed E-state index contributed by atoms with van der Waals surface area (Å²) in [6.45, 7) is 1.45. The van der Waals surface area contributed by atoms with E-state index in [2.05, 4.69) is 9.97 Å². The molecule has 0 aliphatic carbocycles. The predicted molar refractivity (Wildman–Crippen MR) is 54.9 cm³/mol. The molecule has 0 aliphatic rings. The number of ketones is 1. The van der Waals surface area contributed by atoms with Gasteiger partial charge in [0, 0.05) is 0 Å². The normalized spacial score (nSPS) is 10.3. The van der Waals surface area contributed by atoms with Crippen molar-refractivity contribution >= 4 is 11.9 Å². The highest BCUT2D eigenvalue weighted by Gasteiger charge is 2.02. The van der Waals surface area contributed by atoms with E-state index in [9.17, 15) is 4.79 Å². The van der Waals surface area contributed by atoms with Gasteiger partial charge in [0.1, 0.15) is 0 Å².